The van der Waals surface area contributed by atoms with Gasteiger partial charge in [0.05, 0.1) is 10.4 Å². The number of para-hydroxylation sites is 1. The Kier molecular flexibility index (Phi) is 3.80. The number of aromatic nitrogens is 3. The first-order valence-electron chi connectivity index (χ1n) is 9.53. The van der Waals surface area contributed by atoms with Crippen LogP contribution in [0.4, 0.5) is 5.69 Å². The highest BCUT2D eigenvalue weighted by Gasteiger charge is 2.38. The van der Waals surface area contributed by atoms with E-state index in [1.165, 1.54) is 10.6 Å². The smallest absolute Gasteiger partial charge is 0.334 e. The van der Waals surface area contributed by atoms with Crippen LogP contribution >= 0.6 is 0 Å². The number of carbonyl (C=O) groups excluding carboxylic acids is 1. The van der Waals surface area contributed by atoms with Crippen LogP contribution in [0.1, 0.15) is 28.5 Å². The third kappa shape index (κ3) is 2.65. The molecule has 1 aromatic carbocycles. The molecule has 0 N–H and O–H groups in total. The van der Waals surface area contributed by atoms with Crippen molar-refractivity contribution in [1.82, 2.24) is 19.2 Å². The minimum absolute atomic E-state index is 0.0186. The summed E-state index contributed by atoms with van der Waals surface area (Å²) in [5.74, 6) is -0.0518. The minimum Gasteiger partial charge on any atom is -0.336 e. The van der Waals surface area contributed by atoms with Gasteiger partial charge in [0.25, 0.3) is 5.91 Å². The monoisotopic (exact) mass is 393 g/mol. The Morgan fingerprint density at radius 1 is 1.17 bits per heavy atom. The van der Waals surface area contributed by atoms with Gasteiger partial charge in [0, 0.05) is 49.7 Å². The topological polar surface area (TPSA) is 103 Å². The number of aryl methyl sites for hydroxylation is 1. The molecule has 1 fully saturated rings. The average Bonchev–Trinajstić information content (AvgIpc) is 3.05. The number of amides is 1. The van der Waals surface area contributed by atoms with Crippen molar-refractivity contribution < 1.29 is 9.72 Å². The molecule has 148 valence electrons. The Morgan fingerprint density at radius 3 is 2.76 bits per heavy atom. The average molecular weight is 393 g/mol. The predicted octanol–water partition coefficient (Wildman–Crippen LogP) is 1.90. The summed E-state index contributed by atoms with van der Waals surface area (Å²) in [6, 6.07) is 10.6. The molecule has 9 heteroatoms. The van der Waals surface area contributed by atoms with E-state index in [0.717, 1.165) is 23.0 Å². The van der Waals surface area contributed by atoms with E-state index in [9.17, 15) is 19.7 Å². The number of pyridine rings is 1. The Labute approximate surface area is 165 Å². The third-order valence-electron chi connectivity index (χ3n) is 6.03. The van der Waals surface area contributed by atoms with Crippen LogP contribution in [0.2, 0.25) is 0 Å². The predicted molar refractivity (Wildman–Crippen MR) is 105 cm³/mol. The second kappa shape index (κ2) is 6.26. The summed E-state index contributed by atoms with van der Waals surface area (Å²) in [5.41, 5.74) is 1.14. The molecule has 0 spiro atoms. The third-order valence-corrected chi connectivity index (χ3v) is 6.03. The number of carbonyl (C=O) groups is 1. The lowest BCUT2D eigenvalue weighted by molar-refractivity contribution is -0.386. The van der Waals surface area contributed by atoms with E-state index in [2.05, 4.69) is 5.10 Å². The highest BCUT2D eigenvalue weighted by Crippen LogP contribution is 2.36. The number of hydrogen-bond acceptors (Lipinski definition) is 5. The number of nitrogens with zero attached hydrogens (tertiary/aromatic N) is 5. The van der Waals surface area contributed by atoms with Gasteiger partial charge >= 0.3 is 11.2 Å². The van der Waals surface area contributed by atoms with Gasteiger partial charge in [0.2, 0.25) is 0 Å². The molecule has 0 unspecified atom stereocenters. The molecule has 9 nitrogen and oxygen atoms in total. The van der Waals surface area contributed by atoms with Crippen LogP contribution < -0.4 is 5.56 Å². The number of benzene rings is 1. The van der Waals surface area contributed by atoms with E-state index in [0.29, 0.717) is 25.3 Å². The Bertz CT molecular complexity index is 1230. The van der Waals surface area contributed by atoms with Crippen LogP contribution in [0.3, 0.4) is 0 Å². The molecular weight excluding hydrogens is 374 g/mol. The molecule has 3 aromatic rings. The fraction of sp³-hybridized carbons (Fsp3) is 0.350. The van der Waals surface area contributed by atoms with Crippen molar-refractivity contribution in [2.24, 2.45) is 13.0 Å². The van der Waals surface area contributed by atoms with Crippen molar-refractivity contribution in [2.75, 3.05) is 13.1 Å². The summed E-state index contributed by atoms with van der Waals surface area (Å²) in [4.78, 5) is 38.0. The van der Waals surface area contributed by atoms with Crippen molar-refractivity contribution in [1.29, 1.82) is 0 Å². The summed E-state index contributed by atoms with van der Waals surface area (Å²) in [5, 5.41) is 16.4. The second-order valence-corrected chi connectivity index (χ2v) is 7.81. The lowest BCUT2D eigenvalue weighted by Gasteiger charge is -2.42. The fourth-order valence-corrected chi connectivity index (χ4v) is 4.76. The molecule has 0 radical (unpaired) electrons. The van der Waals surface area contributed by atoms with E-state index in [1.807, 2.05) is 36.2 Å². The summed E-state index contributed by atoms with van der Waals surface area (Å²) >= 11 is 0. The van der Waals surface area contributed by atoms with Gasteiger partial charge in [-0.25, -0.2) is 0 Å². The maximum absolute atomic E-state index is 13.3. The van der Waals surface area contributed by atoms with Crippen molar-refractivity contribution in [3.8, 4) is 0 Å². The molecule has 2 aliphatic heterocycles. The van der Waals surface area contributed by atoms with E-state index >= 15 is 0 Å². The molecule has 1 amide bonds. The summed E-state index contributed by atoms with van der Waals surface area (Å²) in [6.07, 6.45) is 0.865. The van der Waals surface area contributed by atoms with Crippen molar-refractivity contribution >= 4 is 22.5 Å². The molecule has 2 aliphatic rings. The standard InChI is InChI=1S/C20H19N5O4/c1-22-16-5-3-2-4-14(16)18(21-22)20(27)23-9-12-8-13(11-23)15-6-7-17(25(28)29)19(26)24(15)10-12/h2-7,12-13H,8-11H2,1H3/t12-,13-/m0/s1. The molecular formula is C20H19N5O4. The summed E-state index contributed by atoms with van der Waals surface area (Å²) in [7, 11) is 1.82. The first kappa shape index (κ1) is 17.6. The Morgan fingerprint density at radius 2 is 1.97 bits per heavy atom. The highest BCUT2D eigenvalue weighted by molar-refractivity contribution is 6.04. The van der Waals surface area contributed by atoms with E-state index < -0.39 is 16.2 Å². The second-order valence-electron chi connectivity index (χ2n) is 7.81. The first-order valence-corrected chi connectivity index (χ1v) is 9.53. The summed E-state index contributed by atoms with van der Waals surface area (Å²) in [6.45, 7) is 1.37. The van der Waals surface area contributed by atoms with Crippen LogP contribution in [0.25, 0.3) is 10.9 Å². The minimum atomic E-state index is -0.637. The Hall–Kier alpha value is -3.49. The molecule has 0 aliphatic carbocycles. The van der Waals surface area contributed by atoms with Crippen molar-refractivity contribution in [3.05, 3.63) is 68.3 Å². The number of nitro groups is 1. The first-order chi connectivity index (χ1) is 13.9. The molecule has 5 rings (SSSR count). The molecule has 29 heavy (non-hydrogen) atoms. The molecule has 2 bridgehead atoms. The zero-order valence-corrected chi connectivity index (χ0v) is 15.8. The zero-order chi connectivity index (χ0) is 20.3. The molecule has 1 saturated heterocycles. The van der Waals surface area contributed by atoms with Crippen LogP contribution in [-0.4, -0.2) is 43.2 Å². The van der Waals surface area contributed by atoms with Gasteiger partial charge in [0.1, 0.15) is 0 Å². The fourth-order valence-electron chi connectivity index (χ4n) is 4.76. The molecule has 0 saturated carbocycles. The maximum atomic E-state index is 13.3. The van der Waals surface area contributed by atoms with Gasteiger partial charge in [-0.1, -0.05) is 18.2 Å². The SMILES string of the molecule is Cn1nc(C(=O)N2C[C@@H]3C[C@@H](C2)c2ccc([N+](=O)[O-])c(=O)n2C3)c2ccccc21. The van der Waals surface area contributed by atoms with E-state index in [-0.39, 0.29) is 17.7 Å². The molecule has 4 heterocycles. The zero-order valence-electron chi connectivity index (χ0n) is 15.8. The largest absolute Gasteiger partial charge is 0.336 e. The number of fused-ring (bicyclic) bond motifs is 5. The van der Waals surface area contributed by atoms with Gasteiger partial charge in [-0.15, -0.1) is 0 Å². The van der Waals surface area contributed by atoms with Gasteiger partial charge in [-0.3, -0.25) is 24.4 Å². The van der Waals surface area contributed by atoms with E-state index in [1.54, 1.807) is 10.7 Å². The maximum Gasteiger partial charge on any atom is 0.334 e. The van der Waals surface area contributed by atoms with Gasteiger partial charge in [-0.05, 0) is 24.5 Å². The van der Waals surface area contributed by atoms with Gasteiger partial charge < -0.3 is 9.47 Å². The number of rotatable bonds is 2. The highest BCUT2D eigenvalue weighted by atomic mass is 16.6. The van der Waals surface area contributed by atoms with Crippen LogP contribution in [0, 0.1) is 16.0 Å². The Balaban J connectivity index is 1.49. The molecule has 2 aromatic heterocycles. The lowest BCUT2D eigenvalue weighted by atomic mass is 9.83. The van der Waals surface area contributed by atoms with Crippen LogP contribution in [0.15, 0.2) is 41.2 Å². The quantitative estimate of drug-likeness (QED) is 0.489. The number of piperidine rings is 1. The molecule has 2 atom stereocenters. The van der Waals surface area contributed by atoms with Crippen LogP contribution in [0.5, 0.6) is 0 Å². The summed E-state index contributed by atoms with van der Waals surface area (Å²) < 4.78 is 3.23. The lowest BCUT2D eigenvalue weighted by Crippen LogP contribution is -2.49. The van der Waals surface area contributed by atoms with Gasteiger partial charge in [-0.2, -0.15) is 5.10 Å². The van der Waals surface area contributed by atoms with E-state index in [4.69, 9.17) is 0 Å². The number of hydrogen-bond donors (Lipinski definition) is 0. The normalized spacial score (nSPS) is 20.5. The van der Waals surface area contributed by atoms with Crippen molar-refractivity contribution in [3.63, 3.8) is 0 Å². The number of likely N-dealkylation sites (tertiary alicyclic amines) is 1. The van der Waals surface area contributed by atoms with Gasteiger partial charge in [0.15, 0.2) is 5.69 Å². The van der Waals surface area contributed by atoms with Crippen molar-refractivity contribution in [2.45, 2.75) is 18.9 Å². The van der Waals surface area contributed by atoms with Crippen LogP contribution in [-0.2, 0) is 13.6 Å².